The zero-order chi connectivity index (χ0) is 27.6. The Morgan fingerprint density at radius 1 is 1.11 bits per heavy atom. The first kappa shape index (κ1) is 30.9. The van der Waals surface area contributed by atoms with Crippen LogP contribution in [0.2, 0.25) is 0 Å². The lowest BCUT2D eigenvalue weighted by Crippen LogP contribution is -2.56. The number of carbonyl (C=O) groups is 4. The average molecular weight is 508 g/mol. The highest BCUT2D eigenvalue weighted by molar-refractivity contribution is 5.92. The van der Waals surface area contributed by atoms with Crippen molar-refractivity contribution in [1.82, 2.24) is 15.5 Å². The molecule has 0 aliphatic carbocycles. The predicted molar refractivity (Wildman–Crippen MR) is 135 cm³/mol. The van der Waals surface area contributed by atoms with Crippen LogP contribution in [0.5, 0.6) is 0 Å². The SMILES string of the molecule is CCOC(=O)CCNC(=O)C(c1cc(C)ccc1C)N(C(=O)C(CO)NC(=O)OC(C)(C)C)C(C)C. The van der Waals surface area contributed by atoms with Crippen molar-refractivity contribution < 1.29 is 33.8 Å². The van der Waals surface area contributed by atoms with Crippen LogP contribution in [0, 0.1) is 13.8 Å². The maximum absolute atomic E-state index is 13.6. The number of carbonyl (C=O) groups excluding carboxylic acids is 4. The fraction of sp³-hybridized carbons (Fsp3) is 0.615. The van der Waals surface area contributed by atoms with Crippen molar-refractivity contribution in [2.75, 3.05) is 19.8 Å². The van der Waals surface area contributed by atoms with E-state index >= 15 is 0 Å². The molecule has 0 spiro atoms. The van der Waals surface area contributed by atoms with Crippen LogP contribution in [-0.2, 0) is 23.9 Å². The van der Waals surface area contributed by atoms with E-state index in [1.807, 2.05) is 32.0 Å². The molecule has 0 radical (unpaired) electrons. The first-order chi connectivity index (χ1) is 16.7. The van der Waals surface area contributed by atoms with Crippen LogP contribution < -0.4 is 10.6 Å². The molecule has 0 saturated carbocycles. The number of aryl methyl sites for hydroxylation is 2. The minimum absolute atomic E-state index is 0.0197. The van der Waals surface area contributed by atoms with Gasteiger partial charge >= 0.3 is 12.1 Å². The van der Waals surface area contributed by atoms with E-state index in [1.165, 1.54) is 4.90 Å². The largest absolute Gasteiger partial charge is 0.466 e. The van der Waals surface area contributed by atoms with E-state index in [2.05, 4.69) is 10.6 Å². The molecule has 0 saturated heterocycles. The van der Waals surface area contributed by atoms with Crippen molar-refractivity contribution in [3.8, 4) is 0 Å². The highest BCUT2D eigenvalue weighted by Crippen LogP contribution is 2.28. The number of aliphatic hydroxyl groups excluding tert-OH is 1. The van der Waals surface area contributed by atoms with Gasteiger partial charge in [0.15, 0.2) is 0 Å². The molecule has 0 bridgehead atoms. The summed E-state index contributed by atoms with van der Waals surface area (Å²) < 4.78 is 10.1. The van der Waals surface area contributed by atoms with Gasteiger partial charge in [0, 0.05) is 12.6 Å². The number of aliphatic hydroxyl groups is 1. The Labute approximate surface area is 213 Å². The maximum atomic E-state index is 13.6. The van der Waals surface area contributed by atoms with E-state index in [0.29, 0.717) is 5.56 Å². The average Bonchev–Trinajstić information content (AvgIpc) is 2.75. The monoisotopic (exact) mass is 507 g/mol. The molecule has 2 atom stereocenters. The van der Waals surface area contributed by atoms with Gasteiger partial charge in [-0.05, 0) is 66.5 Å². The third-order valence-electron chi connectivity index (χ3n) is 5.17. The summed E-state index contributed by atoms with van der Waals surface area (Å²) in [7, 11) is 0. The Bertz CT molecular complexity index is 925. The van der Waals surface area contributed by atoms with E-state index in [0.717, 1.165) is 11.1 Å². The number of hydrogen-bond acceptors (Lipinski definition) is 7. The van der Waals surface area contributed by atoms with Crippen LogP contribution in [0.25, 0.3) is 0 Å². The Morgan fingerprint density at radius 3 is 2.28 bits per heavy atom. The van der Waals surface area contributed by atoms with Gasteiger partial charge < -0.3 is 30.1 Å². The summed E-state index contributed by atoms with van der Waals surface area (Å²) in [5.41, 5.74) is 1.47. The van der Waals surface area contributed by atoms with Gasteiger partial charge in [-0.3, -0.25) is 14.4 Å². The van der Waals surface area contributed by atoms with Crippen LogP contribution >= 0.6 is 0 Å². The number of ether oxygens (including phenoxy) is 2. The fourth-order valence-corrected chi connectivity index (χ4v) is 3.58. The number of esters is 1. The van der Waals surface area contributed by atoms with Gasteiger partial charge in [-0.25, -0.2) is 4.79 Å². The van der Waals surface area contributed by atoms with E-state index in [1.54, 1.807) is 41.5 Å². The van der Waals surface area contributed by atoms with Crippen molar-refractivity contribution in [1.29, 1.82) is 0 Å². The molecule has 0 aliphatic rings. The lowest BCUT2D eigenvalue weighted by molar-refractivity contribution is -0.146. The molecule has 0 aromatic heterocycles. The van der Waals surface area contributed by atoms with Gasteiger partial charge in [0.2, 0.25) is 11.8 Å². The number of alkyl carbamates (subject to hydrolysis) is 1. The van der Waals surface area contributed by atoms with Gasteiger partial charge in [-0.1, -0.05) is 23.8 Å². The standard InChI is InChI=1S/C26H41N3O7/c1-9-35-21(31)12-13-27-23(32)22(19-14-17(4)10-11-18(19)5)29(16(2)3)24(33)20(15-30)28-25(34)36-26(6,7)8/h10-11,14,16,20,22,30H,9,12-13,15H2,1-8H3,(H,27,32)(H,28,34). The summed E-state index contributed by atoms with van der Waals surface area (Å²) in [6, 6.07) is 2.69. The number of benzene rings is 1. The minimum atomic E-state index is -1.33. The van der Waals surface area contributed by atoms with E-state index < -0.39 is 54.2 Å². The van der Waals surface area contributed by atoms with E-state index in [9.17, 15) is 24.3 Å². The topological polar surface area (TPSA) is 134 Å². The summed E-state index contributed by atoms with van der Waals surface area (Å²) >= 11 is 0. The van der Waals surface area contributed by atoms with Gasteiger partial charge in [0.05, 0.1) is 19.6 Å². The van der Waals surface area contributed by atoms with Crippen LogP contribution in [-0.4, -0.2) is 71.3 Å². The van der Waals surface area contributed by atoms with Crippen molar-refractivity contribution in [3.05, 3.63) is 34.9 Å². The van der Waals surface area contributed by atoms with Crippen molar-refractivity contribution in [3.63, 3.8) is 0 Å². The molecule has 0 heterocycles. The molecule has 3 N–H and O–H groups in total. The first-order valence-electron chi connectivity index (χ1n) is 12.1. The lowest BCUT2D eigenvalue weighted by Gasteiger charge is -2.37. The quantitative estimate of drug-likeness (QED) is 0.392. The predicted octanol–water partition coefficient (Wildman–Crippen LogP) is 2.54. The molecule has 10 nitrogen and oxygen atoms in total. The summed E-state index contributed by atoms with van der Waals surface area (Å²) in [6.45, 7) is 13.5. The van der Waals surface area contributed by atoms with E-state index in [-0.39, 0.29) is 19.6 Å². The smallest absolute Gasteiger partial charge is 0.408 e. The zero-order valence-corrected chi connectivity index (χ0v) is 22.6. The summed E-state index contributed by atoms with van der Waals surface area (Å²) in [4.78, 5) is 52.5. The third kappa shape index (κ3) is 9.49. The number of rotatable bonds is 11. The first-order valence-corrected chi connectivity index (χ1v) is 12.1. The lowest BCUT2D eigenvalue weighted by atomic mass is 9.95. The fourth-order valence-electron chi connectivity index (χ4n) is 3.58. The second-order valence-electron chi connectivity index (χ2n) is 9.83. The number of hydrogen-bond donors (Lipinski definition) is 3. The second kappa shape index (κ2) is 13.8. The molecule has 0 aliphatic heterocycles. The highest BCUT2D eigenvalue weighted by Gasteiger charge is 2.38. The molecular formula is C26H41N3O7. The minimum Gasteiger partial charge on any atom is -0.466 e. The second-order valence-corrected chi connectivity index (χ2v) is 9.83. The van der Waals surface area contributed by atoms with Gasteiger partial charge in [-0.15, -0.1) is 0 Å². The zero-order valence-electron chi connectivity index (χ0n) is 22.6. The van der Waals surface area contributed by atoms with Gasteiger partial charge in [-0.2, -0.15) is 0 Å². The van der Waals surface area contributed by atoms with Gasteiger partial charge in [0.1, 0.15) is 17.7 Å². The Kier molecular flexibility index (Phi) is 11.9. The van der Waals surface area contributed by atoms with Crippen LogP contribution in [0.1, 0.15) is 70.7 Å². The van der Waals surface area contributed by atoms with Crippen LogP contribution in [0.4, 0.5) is 4.79 Å². The van der Waals surface area contributed by atoms with Crippen molar-refractivity contribution >= 4 is 23.9 Å². The number of nitrogens with zero attached hydrogens (tertiary/aromatic N) is 1. The van der Waals surface area contributed by atoms with Gasteiger partial charge in [0.25, 0.3) is 0 Å². The molecule has 3 amide bonds. The van der Waals surface area contributed by atoms with Crippen molar-refractivity contribution in [2.45, 2.75) is 85.5 Å². The normalized spacial score (nSPS) is 12.9. The van der Waals surface area contributed by atoms with Crippen molar-refractivity contribution in [2.24, 2.45) is 0 Å². The van der Waals surface area contributed by atoms with E-state index in [4.69, 9.17) is 9.47 Å². The molecule has 36 heavy (non-hydrogen) atoms. The maximum Gasteiger partial charge on any atom is 0.408 e. The molecule has 2 unspecified atom stereocenters. The molecule has 10 heteroatoms. The molecule has 202 valence electrons. The highest BCUT2D eigenvalue weighted by atomic mass is 16.6. The number of nitrogens with one attached hydrogen (secondary N) is 2. The summed E-state index contributed by atoms with van der Waals surface area (Å²) in [6.07, 6.45) is -0.880. The third-order valence-corrected chi connectivity index (χ3v) is 5.17. The summed E-state index contributed by atoms with van der Waals surface area (Å²) in [5.74, 6) is -1.59. The number of amides is 3. The van der Waals surface area contributed by atoms with Crippen LogP contribution in [0.3, 0.4) is 0 Å². The molecule has 1 rings (SSSR count). The Balaban J connectivity index is 3.36. The Morgan fingerprint density at radius 2 is 1.75 bits per heavy atom. The molecule has 1 aromatic rings. The van der Waals surface area contributed by atoms with Crippen LogP contribution in [0.15, 0.2) is 18.2 Å². The Hall–Kier alpha value is -3.14. The molecule has 0 fully saturated rings. The molecular weight excluding hydrogens is 466 g/mol. The summed E-state index contributed by atoms with van der Waals surface area (Å²) in [5, 5.41) is 15.1. The molecule has 1 aromatic carbocycles.